The summed E-state index contributed by atoms with van der Waals surface area (Å²) in [4.78, 5) is 22.2. The van der Waals surface area contributed by atoms with Crippen molar-refractivity contribution >= 4 is 17.5 Å². The Bertz CT molecular complexity index is 462. The highest BCUT2D eigenvalue weighted by atomic mass is 16.5. The molecule has 1 atom stereocenters. The maximum absolute atomic E-state index is 11.6. The maximum Gasteiger partial charge on any atom is 0.241 e. The molecule has 0 aliphatic rings. The van der Waals surface area contributed by atoms with E-state index in [-0.39, 0.29) is 17.9 Å². The van der Waals surface area contributed by atoms with Gasteiger partial charge in [-0.25, -0.2) is 0 Å². The molecule has 1 aromatic rings. The van der Waals surface area contributed by atoms with E-state index in [4.69, 9.17) is 16.2 Å². The first-order chi connectivity index (χ1) is 8.43. The standard InChI is InChI=1S/C11H15N3O4/c1-18-6-2-3-9(15)8(4-6)14-11(17)7(12)5-10(13)16/h2-4,7,15H,5,12H2,1H3,(H2,13,16)(H,14,17). The van der Waals surface area contributed by atoms with Gasteiger partial charge in [-0.3, -0.25) is 9.59 Å². The van der Waals surface area contributed by atoms with Gasteiger partial charge in [-0.15, -0.1) is 0 Å². The van der Waals surface area contributed by atoms with Crippen molar-refractivity contribution in [1.82, 2.24) is 0 Å². The molecule has 0 saturated carbocycles. The minimum absolute atomic E-state index is 0.129. The van der Waals surface area contributed by atoms with Gasteiger partial charge in [0.1, 0.15) is 11.5 Å². The van der Waals surface area contributed by atoms with Crippen LogP contribution in [0.25, 0.3) is 0 Å². The zero-order valence-corrected chi connectivity index (χ0v) is 9.84. The van der Waals surface area contributed by atoms with Crippen LogP contribution in [0, 0.1) is 0 Å². The number of benzene rings is 1. The van der Waals surface area contributed by atoms with E-state index in [0.717, 1.165) is 0 Å². The number of carbonyl (C=O) groups is 2. The Morgan fingerprint density at radius 2 is 2.17 bits per heavy atom. The van der Waals surface area contributed by atoms with E-state index >= 15 is 0 Å². The number of rotatable bonds is 5. The smallest absolute Gasteiger partial charge is 0.241 e. The van der Waals surface area contributed by atoms with Gasteiger partial charge in [-0.1, -0.05) is 0 Å². The second kappa shape index (κ2) is 5.87. The summed E-state index contributed by atoms with van der Waals surface area (Å²) >= 11 is 0. The molecule has 0 aliphatic carbocycles. The van der Waals surface area contributed by atoms with E-state index in [2.05, 4.69) is 5.32 Å². The van der Waals surface area contributed by atoms with Gasteiger partial charge in [-0.2, -0.15) is 0 Å². The molecule has 0 aromatic heterocycles. The Balaban J connectivity index is 2.77. The van der Waals surface area contributed by atoms with E-state index in [1.807, 2.05) is 0 Å². The summed E-state index contributed by atoms with van der Waals surface area (Å²) in [5, 5.41) is 11.9. The van der Waals surface area contributed by atoms with Gasteiger partial charge in [-0.05, 0) is 12.1 Å². The van der Waals surface area contributed by atoms with Crippen LogP contribution < -0.4 is 21.5 Å². The van der Waals surface area contributed by atoms with Gasteiger partial charge in [0, 0.05) is 6.07 Å². The van der Waals surface area contributed by atoms with Crippen molar-refractivity contribution in [2.45, 2.75) is 12.5 Å². The first-order valence-electron chi connectivity index (χ1n) is 5.15. The quantitative estimate of drug-likeness (QED) is 0.528. The number of primary amides is 1. The van der Waals surface area contributed by atoms with Crippen LogP contribution in [0.5, 0.6) is 11.5 Å². The summed E-state index contributed by atoms with van der Waals surface area (Å²) in [6.07, 6.45) is -0.267. The van der Waals surface area contributed by atoms with Crippen LogP contribution in [0.2, 0.25) is 0 Å². The van der Waals surface area contributed by atoms with E-state index in [9.17, 15) is 14.7 Å². The third kappa shape index (κ3) is 3.63. The van der Waals surface area contributed by atoms with Gasteiger partial charge >= 0.3 is 0 Å². The van der Waals surface area contributed by atoms with Crippen LogP contribution in [0.15, 0.2) is 18.2 Å². The number of nitrogens with two attached hydrogens (primary N) is 2. The molecule has 1 aromatic carbocycles. The van der Waals surface area contributed by atoms with E-state index < -0.39 is 17.9 Å². The number of ether oxygens (including phenoxy) is 1. The number of hydrogen-bond acceptors (Lipinski definition) is 5. The molecule has 6 N–H and O–H groups in total. The Kier molecular flexibility index (Phi) is 4.50. The molecule has 0 fully saturated rings. The number of nitrogens with one attached hydrogen (secondary N) is 1. The fourth-order valence-electron chi connectivity index (χ4n) is 1.28. The Labute approximate surface area is 104 Å². The lowest BCUT2D eigenvalue weighted by atomic mass is 10.2. The maximum atomic E-state index is 11.6. The molecule has 0 radical (unpaired) electrons. The van der Waals surface area contributed by atoms with Crippen LogP contribution in [-0.2, 0) is 9.59 Å². The van der Waals surface area contributed by atoms with Crippen molar-refractivity contribution in [1.29, 1.82) is 0 Å². The van der Waals surface area contributed by atoms with E-state index in [1.54, 1.807) is 0 Å². The topological polar surface area (TPSA) is 128 Å². The van der Waals surface area contributed by atoms with Crippen LogP contribution >= 0.6 is 0 Å². The fourth-order valence-corrected chi connectivity index (χ4v) is 1.28. The fraction of sp³-hybridized carbons (Fsp3) is 0.273. The predicted octanol–water partition coefficient (Wildman–Crippen LogP) is -0.458. The average Bonchev–Trinajstić information content (AvgIpc) is 2.31. The first-order valence-corrected chi connectivity index (χ1v) is 5.15. The first kappa shape index (κ1) is 13.8. The van der Waals surface area contributed by atoms with Crippen molar-refractivity contribution in [2.75, 3.05) is 12.4 Å². The molecule has 0 aliphatic heterocycles. The van der Waals surface area contributed by atoms with Gasteiger partial charge in [0.05, 0.1) is 25.3 Å². The predicted molar refractivity (Wildman–Crippen MR) is 65.1 cm³/mol. The summed E-state index contributed by atoms with van der Waals surface area (Å²) in [5.74, 6) is -0.952. The molecule has 1 rings (SSSR count). The second-order valence-electron chi connectivity index (χ2n) is 3.65. The molecule has 7 nitrogen and oxygen atoms in total. The molecule has 0 spiro atoms. The largest absolute Gasteiger partial charge is 0.506 e. The number of hydrogen-bond donors (Lipinski definition) is 4. The Hall–Kier alpha value is -2.28. The number of phenols is 1. The third-order valence-corrected chi connectivity index (χ3v) is 2.22. The number of methoxy groups -OCH3 is 1. The summed E-state index contributed by atoms with van der Waals surface area (Å²) in [6, 6.07) is 3.28. The van der Waals surface area contributed by atoms with Crippen molar-refractivity contribution < 1.29 is 19.4 Å². The van der Waals surface area contributed by atoms with Crippen molar-refractivity contribution in [3.8, 4) is 11.5 Å². The van der Waals surface area contributed by atoms with Gasteiger partial charge < -0.3 is 26.6 Å². The van der Waals surface area contributed by atoms with Crippen molar-refractivity contribution in [3.05, 3.63) is 18.2 Å². The summed E-state index contributed by atoms with van der Waals surface area (Å²) in [7, 11) is 1.46. The molecule has 7 heteroatoms. The number of anilines is 1. The molecule has 0 bridgehead atoms. The zero-order chi connectivity index (χ0) is 13.7. The minimum Gasteiger partial charge on any atom is -0.506 e. The normalized spacial score (nSPS) is 11.7. The summed E-state index contributed by atoms with van der Waals surface area (Å²) in [5.41, 5.74) is 10.5. The van der Waals surface area contributed by atoms with Crippen LogP contribution in [-0.4, -0.2) is 30.1 Å². The lowest BCUT2D eigenvalue weighted by Gasteiger charge is -2.12. The number of amides is 2. The molecular weight excluding hydrogens is 238 g/mol. The molecule has 98 valence electrons. The van der Waals surface area contributed by atoms with Gasteiger partial charge in [0.2, 0.25) is 11.8 Å². The summed E-state index contributed by atoms with van der Waals surface area (Å²) in [6.45, 7) is 0. The lowest BCUT2D eigenvalue weighted by Crippen LogP contribution is -2.39. The summed E-state index contributed by atoms with van der Waals surface area (Å²) < 4.78 is 4.95. The second-order valence-corrected chi connectivity index (χ2v) is 3.65. The van der Waals surface area contributed by atoms with Crippen LogP contribution in [0.4, 0.5) is 5.69 Å². The van der Waals surface area contributed by atoms with Gasteiger partial charge in [0.15, 0.2) is 0 Å². The third-order valence-electron chi connectivity index (χ3n) is 2.22. The van der Waals surface area contributed by atoms with Crippen LogP contribution in [0.1, 0.15) is 6.42 Å². The minimum atomic E-state index is -1.06. The molecule has 0 heterocycles. The van der Waals surface area contributed by atoms with Gasteiger partial charge in [0.25, 0.3) is 0 Å². The molecular formula is C11H15N3O4. The van der Waals surface area contributed by atoms with E-state index in [1.165, 1.54) is 25.3 Å². The van der Waals surface area contributed by atoms with Crippen molar-refractivity contribution in [3.63, 3.8) is 0 Å². The number of aromatic hydroxyl groups is 1. The van der Waals surface area contributed by atoms with Crippen molar-refractivity contribution in [2.24, 2.45) is 11.5 Å². The highest BCUT2D eigenvalue weighted by molar-refractivity contribution is 5.98. The number of carbonyl (C=O) groups excluding carboxylic acids is 2. The van der Waals surface area contributed by atoms with E-state index in [0.29, 0.717) is 5.75 Å². The average molecular weight is 253 g/mol. The Morgan fingerprint density at radius 1 is 1.50 bits per heavy atom. The molecule has 18 heavy (non-hydrogen) atoms. The molecule has 0 saturated heterocycles. The molecule has 1 unspecified atom stereocenters. The number of phenolic OH excluding ortho intramolecular Hbond substituents is 1. The Morgan fingerprint density at radius 3 is 2.72 bits per heavy atom. The van der Waals surface area contributed by atoms with Crippen LogP contribution in [0.3, 0.4) is 0 Å². The zero-order valence-electron chi connectivity index (χ0n) is 9.84. The highest BCUT2D eigenvalue weighted by Gasteiger charge is 2.17. The molecule has 2 amide bonds. The monoisotopic (exact) mass is 253 g/mol. The highest BCUT2D eigenvalue weighted by Crippen LogP contribution is 2.27. The lowest BCUT2D eigenvalue weighted by molar-refractivity contribution is -0.123. The SMILES string of the molecule is COc1ccc(O)c(NC(=O)C(N)CC(N)=O)c1.